The lowest BCUT2D eigenvalue weighted by molar-refractivity contribution is 0.0621. The number of nitrogens with one attached hydrogen (secondary N) is 1. The highest BCUT2D eigenvalue weighted by Crippen LogP contribution is 2.47. The van der Waals surface area contributed by atoms with E-state index in [-0.39, 0.29) is 5.41 Å². The molecule has 0 amide bonds. The van der Waals surface area contributed by atoms with Crippen LogP contribution in [0.15, 0.2) is 54.6 Å². The monoisotopic (exact) mass is 408 g/mol. The zero-order valence-electron chi connectivity index (χ0n) is 16.9. The molecular weight excluding hydrogens is 380 g/mol. The average Bonchev–Trinajstić information content (AvgIpc) is 2.70. The Morgan fingerprint density at radius 2 is 1.97 bits per heavy atom. The van der Waals surface area contributed by atoms with Gasteiger partial charge in [0.25, 0.3) is 0 Å². The standard InChI is InChI=1S/C24H28N2O2S/c1-29(27,28)25-22-12-5-11-21(18-22)24-14-6-13-23(19-24)26(17-15-24)16-7-10-20-8-3-2-4-9-20/h2-5,8-9,11-12,18,23,25H,6,13-17,19H2,1H3. The number of sulfonamides is 1. The number of hydrogen-bond acceptors (Lipinski definition) is 3. The van der Waals surface area contributed by atoms with E-state index in [2.05, 4.69) is 27.5 Å². The van der Waals surface area contributed by atoms with Crippen LogP contribution < -0.4 is 4.72 Å². The number of hydrogen-bond donors (Lipinski definition) is 1. The van der Waals surface area contributed by atoms with E-state index in [0.717, 1.165) is 31.5 Å². The maximum Gasteiger partial charge on any atom is 0.229 e. The van der Waals surface area contributed by atoms with Crippen LogP contribution in [0.3, 0.4) is 0 Å². The molecule has 0 radical (unpaired) electrons. The first-order valence-corrected chi connectivity index (χ1v) is 12.2. The Kier molecular flexibility index (Phi) is 5.67. The third-order valence-electron chi connectivity index (χ3n) is 6.28. The molecule has 2 unspecified atom stereocenters. The maximum atomic E-state index is 11.6. The molecule has 0 spiro atoms. The summed E-state index contributed by atoms with van der Waals surface area (Å²) in [6.45, 7) is 1.85. The first kappa shape index (κ1) is 20.0. The van der Waals surface area contributed by atoms with Gasteiger partial charge >= 0.3 is 0 Å². The number of fused-ring (bicyclic) bond motifs is 2. The largest absolute Gasteiger partial charge is 0.289 e. The van der Waals surface area contributed by atoms with Gasteiger partial charge in [-0.2, -0.15) is 0 Å². The molecule has 1 saturated heterocycles. The topological polar surface area (TPSA) is 49.4 Å². The van der Waals surface area contributed by atoms with Crippen LogP contribution in [-0.4, -0.2) is 38.7 Å². The van der Waals surface area contributed by atoms with Gasteiger partial charge in [-0.15, -0.1) is 0 Å². The summed E-state index contributed by atoms with van der Waals surface area (Å²) in [5, 5.41) is 0. The number of rotatable bonds is 4. The van der Waals surface area contributed by atoms with Gasteiger partial charge in [0.2, 0.25) is 10.0 Å². The van der Waals surface area contributed by atoms with Crippen LogP contribution in [0.1, 0.15) is 43.2 Å². The van der Waals surface area contributed by atoms with Crippen LogP contribution in [0.2, 0.25) is 0 Å². The summed E-state index contributed by atoms with van der Waals surface area (Å²) in [5.41, 5.74) is 3.16. The summed E-state index contributed by atoms with van der Waals surface area (Å²) >= 11 is 0. The quantitative estimate of drug-likeness (QED) is 0.778. The van der Waals surface area contributed by atoms with Crippen molar-refractivity contribution in [1.82, 2.24) is 4.90 Å². The summed E-state index contributed by atoms with van der Waals surface area (Å²) < 4.78 is 25.9. The van der Waals surface area contributed by atoms with Crippen molar-refractivity contribution in [3.05, 3.63) is 65.7 Å². The van der Waals surface area contributed by atoms with Gasteiger partial charge in [0.05, 0.1) is 12.8 Å². The predicted octanol–water partition coefficient (Wildman–Crippen LogP) is 4.00. The fraction of sp³-hybridized carbons (Fsp3) is 0.417. The minimum absolute atomic E-state index is 0.154. The minimum Gasteiger partial charge on any atom is -0.289 e. The van der Waals surface area contributed by atoms with E-state index in [1.54, 1.807) is 0 Å². The van der Waals surface area contributed by atoms with Gasteiger partial charge in [0.1, 0.15) is 0 Å². The smallest absolute Gasteiger partial charge is 0.229 e. The molecule has 0 aromatic heterocycles. The van der Waals surface area contributed by atoms with Crippen LogP contribution >= 0.6 is 0 Å². The molecule has 1 heterocycles. The van der Waals surface area contributed by atoms with Crippen molar-refractivity contribution in [2.75, 3.05) is 24.1 Å². The Morgan fingerprint density at radius 3 is 2.76 bits per heavy atom. The molecular formula is C24H28N2O2S. The Labute approximate surface area is 174 Å². The summed E-state index contributed by atoms with van der Waals surface area (Å²) in [6.07, 6.45) is 7.02. The van der Waals surface area contributed by atoms with Crippen molar-refractivity contribution in [1.29, 1.82) is 0 Å². The van der Waals surface area contributed by atoms with Crippen LogP contribution in [0.5, 0.6) is 0 Å². The Hall–Kier alpha value is -2.29. The van der Waals surface area contributed by atoms with E-state index in [1.165, 1.54) is 31.1 Å². The van der Waals surface area contributed by atoms with Gasteiger partial charge in [-0.3, -0.25) is 9.62 Å². The number of benzene rings is 2. The lowest BCUT2D eigenvalue weighted by Gasteiger charge is -2.50. The molecule has 152 valence electrons. The molecule has 2 fully saturated rings. The second-order valence-electron chi connectivity index (χ2n) is 8.37. The average molecular weight is 409 g/mol. The number of piperidine rings is 1. The summed E-state index contributed by atoms with van der Waals surface area (Å²) in [7, 11) is -3.26. The fourth-order valence-corrected chi connectivity index (χ4v) is 5.47. The lowest BCUT2D eigenvalue weighted by atomic mass is 9.63. The third-order valence-corrected chi connectivity index (χ3v) is 6.89. The number of nitrogens with zero attached hydrogens (tertiary/aromatic N) is 1. The van der Waals surface area contributed by atoms with Crippen molar-refractivity contribution in [3.63, 3.8) is 0 Å². The van der Waals surface area contributed by atoms with Gasteiger partial charge in [-0.05, 0) is 60.9 Å². The van der Waals surface area contributed by atoms with E-state index in [1.807, 2.05) is 48.5 Å². The maximum absolute atomic E-state index is 11.6. The molecule has 1 saturated carbocycles. The van der Waals surface area contributed by atoms with Crippen LogP contribution in [0.25, 0.3) is 0 Å². The highest BCUT2D eigenvalue weighted by atomic mass is 32.2. The van der Waals surface area contributed by atoms with Gasteiger partial charge in [0.15, 0.2) is 0 Å². The van der Waals surface area contributed by atoms with Gasteiger partial charge in [0, 0.05) is 23.8 Å². The van der Waals surface area contributed by atoms with E-state index < -0.39 is 10.0 Å². The lowest BCUT2D eigenvalue weighted by Crippen LogP contribution is -2.51. The van der Waals surface area contributed by atoms with E-state index in [4.69, 9.17) is 0 Å². The molecule has 1 N–H and O–H groups in total. The molecule has 5 heteroatoms. The number of likely N-dealkylation sites (tertiary alicyclic amines) is 1. The van der Waals surface area contributed by atoms with Crippen LogP contribution in [0, 0.1) is 11.8 Å². The van der Waals surface area contributed by atoms with Crippen LogP contribution in [0.4, 0.5) is 5.69 Å². The third kappa shape index (κ3) is 4.83. The zero-order valence-corrected chi connectivity index (χ0v) is 17.7. The molecule has 1 aliphatic carbocycles. The van der Waals surface area contributed by atoms with Crippen molar-refractivity contribution in [2.24, 2.45) is 0 Å². The summed E-state index contributed by atoms with van der Waals surface area (Å²) in [6, 6.07) is 18.7. The number of anilines is 1. The second-order valence-corrected chi connectivity index (χ2v) is 10.1. The van der Waals surface area contributed by atoms with Crippen molar-refractivity contribution >= 4 is 15.7 Å². The normalized spacial score (nSPS) is 24.4. The van der Waals surface area contributed by atoms with Crippen LogP contribution in [-0.2, 0) is 15.4 Å². The molecule has 2 aromatic rings. The predicted molar refractivity (Wildman–Crippen MR) is 118 cm³/mol. The first-order valence-electron chi connectivity index (χ1n) is 10.3. The van der Waals surface area contributed by atoms with Crippen molar-refractivity contribution < 1.29 is 8.42 Å². The Bertz CT molecular complexity index is 1020. The van der Waals surface area contributed by atoms with Gasteiger partial charge < -0.3 is 0 Å². The van der Waals surface area contributed by atoms with Crippen molar-refractivity contribution in [2.45, 2.75) is 43.6 Å². The Morgan fingerprint density at radius 1 is 1.14 bits per heavy atom. The molecule has 2 atom stereocenters. The molecule has 2 aliphatic rings. The molecule has 2 bridgehead atoms. The molecule has 4 nitrogen and oxygen atoms in total. The Balaban J connectivity index is 1.48. The molecule has 1 aliphatic heterocycles. The zero-order chi connectivity index (χ0) is 20.3. The highest BCUT2D eigenvalue weighted by molar-refractivity contribution is 7.92. The van der Waals surface area contributed by atoms with Gasteiger partial charge in [-0.1, -0.05) is 48.6 Å². The minimum atomic E-state index is -3.26. The molecule has 29 heavy (non-hydrogen) atoms. The fourth-order valence-electron chi connectivity index (χ4n) is 4.92. The van der Waals surface area contributed by atoms with E-state index in [9.17, 15) is 8.42 Å². The highest BCUT2D eigenvalue weighted by Gasteiger charge is 2.43. The summed E-state index contributed by atoms with van der Waals surface area (Å²) in [4.78, 5) is 2.53. The SMILES string of the molecule is CS(=O)(=O)Nc1cccc(C23CCCC(C2)N(CC#Cc2ccccc2)CC3)c1. The van der Waals surface area contributed by atoms with E-state index in [0.29, 0.717) is 11.7 Å². The molecule has 2 aromatic carbocycles. The summed E-state index contributed by atoms with van der Waals surface area (Å²) in [5.74, 6) is 6.64. The second kappa shape index (κ2) is 8.22. The van der Waals surface area contributed by atoms with Gasteiger partial charge in [-0.25, -0.2) is 8.42 Å². The molecule has 4 rings (SSSR count). The van der Waals surface area contributed by atoms with E-state index >= 15 is 0 Å². The van der Waals surface area contributed by atoms with Crippen molar-refractivity contribution in [3.8, 4) is 11.8 Å². The first-order chi connectivity index (χ1) is 13.9.